The van der Waals surface area contributed by atoms with Crippen LogP contribution in [-0.2, 0) is 29.1 Å². The summed E-state index contributed by atoms with van der Waals surface area (Å²) < 4.78 is 113. The number of allylic oxidation sites excluding steroid dienone is 1. The molecule has 0 bridgehead atoms. The normalized spacial score (nSPS) is 28.6. The Morgan fingerprint density at radius 1 is 1.10 bits per heavy atom. The van der Waals surface area contributed by atoms with Gasteiger partial charge in [0.1, 0.15) is 46.7 Å². The zero-order valence-corrected chi connectivity index (χ0v) is 34.0. The number of carbonyl (C=O) groups is 4. The fourth-order valence-electron chi connectivity index (χ4n) is 7.74. The molecule has 2 saturated carbocycles. The number of carbonyl (C=O) groups excluding carboxylic acids is 4. The number of sulfonamides is 1. The molecule has 4 aliphatic rings. The van der Waals surface area contributed by atoms with Gasteiger partial charge in [0.15, 0.2) is 0 Å². The summed E-state index contributed by atoms with van der Waals surface area (Å²) in [5.41, 5.74) is -4.74. The Morgan fingerprint density at radius 2 is 1.81 bits per heavy atom. The van der Waals surface area contributed by atoms with Gasteiger partial charge < -0.3 is 29.7 Å². The minimum absolute atomic E-state index is 0.00807. The van der Waals surface area contributed by atoms with Crippen LogP contribution in [0.5, 0.6) is 11.6 Å². The molecule has 20 heteroatoms. The van der Waals surface area contributed by atoms with Gasteiger partial charge in [-0.25, -0.2) is 27.0 Å². The summed E-state index contributed by atoms with van der Waals surface area (Å²) in [5.74, 6) is -4.75. The van der Waals surface area contributed by atoms with E-state index in [1.807, 2.05) is 11.6 Å². The van der Waals surface area contributed by atoms with E-state index in [1.54, 1.807) is 25.1 Å². The minimum Gasteiger partial charge on any atom is -0.497 e. The second-order valence-corrected chi connectivity index (χ2v) is 18.7. The van der Waals surface area contributed by atoms with Crippen LogP contribution in [-0.4, -0.2) is 103 Å². The minimum atomic E-state index is -4.95. The highest BCUT2D eigenvalue weighted by Gasteiger charge is 2.64. The van der Waals surface area contributed by atoms with E-state index < -0.39 is 98.4 Å². The molecule has 324 valence electrons. The van der Waals surface area contributed by atoms with Crippen molar-refractivity contribution >= 4 is 44.6 Å². The Kier molecular flexibility index (Phi) is 11.9. The van der Waals surface area contributed by atoms with Gasteiger partial charge in [-0.15, -0.1) is 0 Å². The Hall–Kier alpha value is -4.75. The number of hydrogen-bond acceptors (Lipinski definition) is 10. The lowest BCUT2D eigenvalue weighted by atomic mass is 9.88. The summed E-state index contributed by atoms with van der Waals surface area (Å²) in [5, 5.41) is 5.32. The second-order valence-electron chi connectivity index (χ2n) is 16.7. The molecule has 3 fully saturated rings. The van der Waals surface area contributed by atoms with Gasteiger partial charge in [0, 0.05) is 23.1 Å². The number of benzene rings is 1. The SMILES string of the molecule is COc1ccc2c(OC3CC4C(=O)NC5(C(=O)NS(=O)(=O)C6(CF)CC6)CC5C=CCCC(C)CC(C)C(NC(=O)OC(C)(C)C(F)(F)F)C(=O)N4C3)ncc(F)c2c1. The molecular formula is C39H48F5N5O9S. The van der Waals surface area contributed by atoms with E-state index in [1.165, 1.54) is 19.2 Å². The number of amides is 4. The topological polar surface area (TPSA) is 182 Å². The molecule has 14 nitrogen and oxygen atoms in total. The van der Waals surface area contributed by atoms with Gasteiger partial charge in [-0.3, -0.25) is 19.1 Å². The van der Waals surface area contributed by atoms with Crippen LogP contribution in [0.1, 0.15) is 72.6 Å². The van der Waals surface area contributed by atoms with Crippen LogP contribution < -0.4 is 24.8 Å². The maximum Gasteiger partial charge on any atom is 0.427 e. The van der Waals surface area contributed by atoms with E-state index in [0.29, 0.717) is 38.9 Å². The summed E-state index contributed by atoms with van der Waals surface area (Å²) in [6.07, 6.45) is -2.05. The van der Waals surface area contributed by atoms with Crippen LogP contribution in [0.2, 0.25) is 0 Å². The van der Waals surface area contributed by atoms with Gasteiger partial charge >= 0.3 is 12.3 Å². The van der Waals surface area contributed by atoms with E-state index in [9.17, 15) is 49.5 Å². The molecule has 59 heavy (non-hydrogen) atoms. The van der Waals surface area contributed by atoms with Crippen molar-refractivity contribution in [2.24, 2.45) is 17.8 Å². The first kappa shape index (κ1) is 43.8. The Bertz CT molecular complexity index is 2130. The van der Waals surface area contributed by atoms with Gasteiger partial charge in [-0.05, 0) is 82.4 Å². The molecular weight excluding hydrogens is 810 g/mol. The van der Waals surface area contributed by atoms with Gasteiger partial charge in [0.2, 0.25) is 33.3 Å². The second kappa shape index (κ2) is 16.0. The number of ether oxygens (including phenoxy) is 3. The van der Waals surface area contributed by atoms with Crippen molar-refractivity contribution in [3.05, 3.63) is 42.4 Å². The largest absolute Gasteiger partial charge is 0.497 e. The van der Waals surface area contributed by atoms with Crippen LogP contribution in [0.3, 0.4) is 0 Å². The maximum absolute atomic E-state index is 14.9. The molecule has 1 aromatic carbocycles. The Morgan fingerprint density at radius 3 is 2.46 bits per heavy atom. The number of alkyl carbamates (subject to hydrolysis) is 1. The average molecular weight is 858 g/mol. The van der Waals surface area contributed by atoms with Crippen LogP contribution in [0.25, 0.3) is 10.8 Å². The van der Waals surface area contributed by atoms with Crippen molar-refractivity contribution in [1.29, 1.82) is 0 Å². The van der Waals surface area contributed by atoms with Crippen LogP contribution >= 0.6 is 0 Å². The first-order valence-electron chi connectivity index (χ1n) is 19.3. The average Bonchev–Trinajstić information content (AvgIpc) is 4.07. The molecule has 2 aromatic rings. The molecule has 7 unspecified atom stereocenters. The van der Waals surface area contributed by atoms with E-state index in [0.717, 1.165) is 11.1 Å². The number of pyridine rings is 1. The summed E-state index contributed by atoms with van der Waals surface area (Å²) in [6.45, 7) is 3.27. The molecule has 1 aromatic heterocycles. The maximum atomic E-state index is 14.9. The highest BCUT2D eigenvalue weighted by Crippen LogP contribution is 2.48. The van der Waals surface area contributed by atoms with Crippen LogP contribution in [0.15, 0.2) is 36.5 Å². The number of fused-ring (bicyclic) bond motifs is 3. The number of aromatic nitrogens is 1. The Labute approximate surface area is 338 Å². The van der Waals surface area contributed by atoms with Crippen molar-refractivity contribution in [3.63, 3.8) is 0 Å². The number of nitrogens with zero attached hydrogens (tertiary/aromatic N) is 2. The smallest absolute Gasteiger partial charge is 0.427 e. The van der Waals surface area contributed by atoms with E-state index in [2.05, 4.69) is 15.6 Å². The predicted molar refractivity (Wildman–Crippen MR) is 202 cm³/mol. The summed E-state index contributed by atoms with van der Waals surface area (Å²) in [6, 6.07) is 1.51. The fraction of sp³-hybridized carbons (Fsp3) is 0.615. The van der Waals surface area contributed by atoms with Gasteiger partial charge in [0.25, 0.3) is 5.91 Å². The molecule has 3 heterocycles. The lowest BCUT2D eigenvalue weighted by Crippen LogP contribution is -2.60. The van der Waals surface area contributed by atoms with Crippen molar-refractivity contribution in [1.82, 2.24) is 25.2 Å². The summed E-state index contributed by atoms with van der Waals surface area (Å²) >= 11 is 0. The van der Waals surface area contributed by atoms with Crippen molar-refractivity contribution in [2.45, 2.75) is 113 Å². The predicted octanol–water partition coefficient (Wildman–Crippen LogP) is 5.00. The molecule has 4 amide bonds. The molecule has 6 rings (SSSR count). The number of hydrogen-bond donors (Lipinski definition) is 3. The van der Waals surface area contributed by atoms with Crippen molar-refractivity contribution in [3.8, 4) is 11.6 Å². The fourth-order valence-corrected chi connectivity index (χ4v) is 9.16. The highest BCUT2D eigenvalue weighted by atomic mass is 32.2. The summed E-state index contributed by atoms with van der Waals surface area (Å²) in [4.78, 5) is 61.3. The number of halogens is 5. The molecule has 0 spiro atoms. The molecule has 7 atom stereocenters. The first-order chi connectivity index (χ1) is 27.6. The quantitative estimate of drug-likeness (QED) is 0.229. The van der Waals surface area contributed by atoms with E-state index in [4.69, 9.17) is 14.2 Å². The van der Waals surface area contributed by atoms with Crippen LogP contribution in [0.4, 0.5) is 26.7 Å². The zero-order valence-electron chi connectivity index (χ0n) is 33.2. The third-order valence-electron chi connectivity index (χ3n) is 11.9. The zero-order chi connectivity index (χ0) is 43.3. The number of methoxy groups -OCH3 is 1. The first-order valence-corrected chi connectivity index (χ1v) is 20.8. The lowest BCUT2D eigenvalue weighted by molar-refractivity contribution is -0.244. The number of nitrogens with one attached hydrogen (secondary N) is 3. The molecule has 2 aliphatic carbocycles. The summed E-state index contributed by atoms with van der Waals surface area (Å²) in [7, 11) is -3.09. The number of rotatable bonds is 9. The monoisotopic (exact) mass is 857 g/mol. The third-order valence-corrected chi connectivity index (χ3v) is 14.0. The van der Waals surface area contributed by atoms with Gasteiger partial charge in [-0.1, -0.05) is 26.0 Å². The van der Waals surface area contributed by atoms with Crippen LogP contribution in [0, 0.1) is 23.6 Å². The van der Waals surface area contributed by atoms with Crippen molar-refractivity contribution < 1.29 is 63.8 Å². The third kappa shape index (κ3) is 8.77. The number of alkyl halides is 4. The molecule has 3 N–H and O–H groups in total. The lowest BCUT2D eigenvalue weighted by Gasteiger charge is -2.34. The highest BCUT2D eigenvalue weighted by molar-refractivity contribution is 7.91. The van der Waals surface area contributed by atoms with Gasteiger partial charge in [0.05, 0.1) is 19.9 Å². The van der Waals surface area contributed by atoms with Crippen molar-refractivity contribution in [2.75, 3.05) is 20.3 Å². The van der Waals surface area contributed by atoms with E-state index in [-0.39, 0.29) is 54.8 Å². The molecule has 2 aliphatic heterocycles. The van der Waals surface area contributed by atoms with E-state index >= 15 is 0 Å². The Balaban J connectivity index is 1.36. The molecule has 0 radical (unpaired) electrons. The van der Waals surface area contributed by atoms with Gasteiger partial charge in [-0.2, -0.15) is 13.2 Å². The standard InChI is InChI=1S/C39H48F5N5O9S/c1-21-8-6-7-9-23-17-38(23,34(52)48-59(54,55)37(20-40)12-13-37)47-31(50)29-16-25(57-32-26-11-10-24(56-5)15-27(26)28(41)18-45-32)19-49(29)33(51)30(22(2)14-21)46-35(53)58-36(3,4)39(42,43)44/h7,9-11,15,18,21-23,25,29-30H,6,8,12-14,16-17,19-20H2,1-5H3,(H,46,53)(H,47,50)(H,48,52). The molecule has 1 saturated heterocycles.